The molecule has 3 nitrogen and oxygen atoms in total. The third kappa shape index (κ3) is 1.92. The Morgan fingerprint density at radius 2 is 2.00 bits per heavy atom. The van der Waals surface area contributed by atoms with Crippen molar-refractivity contribution in [1.82, 2.24) is 4.90 Å². The lowest BCUT2D eigenvalue weighted by atomic mass is 9.58. The van der Waals surface area contributed by atoms with Crippen molar-refractivity contribution < 1.29 is 5.11 Å². The Kier molecular flexibility index (Phi) is 3.35. The van der Waals surface area contributed by atoms with Crippen LogP contribution in [0.3, 0.4) is 0 Å². The fraction of sp³-hybridized carbons (Fsp3) is 0.938. The molecule has 0 aromatic rings. The van der Waals surface area contributed by atoms with Crippen LogP contribution >= 0.6 is 0 Å². The summed E-state index contributed by atoms with van der Waals surface area (Å²) in [5, 5.41) is 21.3. The molecule has 3 heteroatoms. The van der Waals surface area contributed by atoms with Crippen LogP contribution in [0.15, 0.2) is 0 Å². The number of nitriles is 1. The first-order valence-corrected chi connectivity index (χ1v) is 7.99. The Bertz CT molecular complexity index is 391. The first-order chi connectivity index (χ1) is 9.11. The number of rotatable bonds is 1. The summed E-state index contributed by atoms with van der Waals surface area (Å²) in [5.41, 5.74) is -1.24. The van der Waals surface area contributed by atoms with Gasteiger partial charge in [0.1, 0.15) is 0 Å². The molecular formula is C16H26N2O. The molecule has 4 atom stereocenters. The van der Waals surface area contributed by atoms with E-state index in [1.54, 1.807) is 0 Å². The van der Waals surface area contributed by atoms with Gasteiger partial charge in [-0.1, -0.05) is 26.2 Å². The topological polar surface area (TPSA) is 47.3 Å². The van der Waals surface area contributed by atoms with E-state index in [9.17, 15) is 10.4 Å². The minimum Gasteiger partial charge on any atom is -0.387 e. The number of piperidine rings is 1. The Morgan fingerprint density at radius 3 is 2.74 bits per heavy atom. The van der Waals surface area contributed by atoms with Crippen LogP contribution in [0.25, 0.3) is 0 Å². The van der Waals surface area contributed by atoms with Crippen LogP contribution in [-0.2, 0) is 0 Å². The summed E-state index contributed by atoms with van der Waals surface area (Å²) in [4.78, 5) is 2.45. The van der Waals surface area contributed by atoms with E-state index in [0.29, 0.717) is 5.92 Å². The van der Waals surface area contributed by atoms with Gasteiger partial charge >= 0.3 is 0 Å². The summed E-state index contributed by atoms with van der Waals surface area (Å²) >= 11 is 0. The molecule has 0 spiro atoms. The smallest absolute Gasteiger partial charge is 0.0999 e. The molecule has 4 unspecified atom stereocenters. The average molecular weight is 262 g/mol. The van der Waals surface area contributed by atoms with E-state index < -0.39 is 11.0 Å². The lowest BCUT2D eigenvalue weighted by molar-refractivity contribution is -0.107. The van der Waals surface area contributed by atoms with Gasteiger partial charge < -0.3 is 5.11 Å². The van der Waals surface area contributed by atoms with Crippen LogP contribution < -0.4 is 0 Å². The lowest BCUT2D eigenvalue weighted by Gasteiger charge is -2.49. The summed E-state index contributed by atoms with van der Waals surface area (Å²) in [6.45, 7) is 4.34. The fourth-order valence-corrected chi connectivity index (χ4v) is 4.98. The molecule has 1 N–H and O–H groups in total. The minimum absolute atomic E-state index is 0.242. The van der Waals surface area contributed by atoms with Crippen molar-refractivity contribution in [3.8, 4) is 6.07 Å². The first-order valence-electron chi connectivity index (χ1n) is 7.99. The molecule has 0 radical (unpaired) electrons. The second-order valence-electron chi connectivity index (χ2n) is 7.12. The normalized spacial score (nSPS) is 47.6. The van der Waals surface area contributed by atoms with Crippen LogP contribution in [0, 0.1) is 22.7 Å². The summed E-state index contributed by atoms with van der Waals surface area (Å²) in [6, 6.07) is 2.83. The number of fused-ring (bicyclic) bond motifs is 1. The van der Waals surface area contributed by atoms with Crippen molar-refractivity contribution >= 4 is 0 Å². The molecule has 1 saturated carbocycles. The number of nitrogens with zero attached hydrogens (tertiary/aromatic N) is 2. The van der Waals surface area contributed by atoms with Gasteiger partial charge in [-0.2, -0.15) is 5.26 Å². The molecule has 0 aromatic heterocycles. The second-order valence-corrected chi connectivity index (χ2v) is 7.12. The van der Waals surface area contributed by atoms with Crippen molar-refractivity contribution in [2.75, 3.05) is 13.1 Å². The van der Waals surface area contributed by atoms with Gasteiger partial charge in [0.2, 0.25) is 0 Å². The molecule has 106 valence electrons. The summed E-state index contributed by atoms with van der Waals surface area (Å²) in [5.74, 6) is 0.579. The minimum atomic E-state index is -0.753. The molecule has 19 heavy (non-hydrogen) atoms. The van der Waals surface area contributed by atoms with E-state index in [4.69, 9.17) is 0 Å². The summed E-state index contributed by atoms with van der Waals surface area (Å²) in [6.07, 6.45) is 8.45. The molecule has 1 aliphatic carbocycles. The molecule has 2 heterocycles. The van der Waals surface area contributed by atoms with Gasteiger partial charge in [0.25, 0.3) is 0 Å². The molecular weight excluding hydrogens is 236 g/mol. The SMILES string of the molecule is CC1CCCC(C#N)(C2(O)CCN3CCCCC32)C1. The Morgan fingerprint density at radius 1 is 1.16 bits per heavy atom. The molecule has 3 fully saturated rings. The largest absolute Gasteiger partial charge is 0.387 e. The van der Waals surface area contributed by atoms with Gasteiger partial charge in [0.05, 0.1) is 17.1 Å². The standard InChI is InChI=1S/C16H26N2O/c1-13-5-4-7-15(11-13,12-17)16(19)8-10-18-9-3-2-6-14(16)18/h13-14,19H,2-11H2,1H3. The van der Waals surface area contributed by atoms with Gasteiger partial charge in [-0.3, -0.25) is 4.90 Å². The van der Waals surface area contributed by atoms with Gasteiger partial charge in [0.15, 0.2) is 0 Å². The Balaban J connectivity index is 1.91. The maximum absolute atomic E-state index is 11.4. The highest BCUT2D eigenvalue weighted by molar-refractivity contribution is 5.20. The van der Waals surface area contributed by atoms with Crippen molar-refractivity contribution in [2.24, 2.45) is 11.3 Å². The van der Waals surface area contributed by atoms with Crippen molar-refractivity contribution in [1.29, 1.82) is 5.26 Å². The highest BCUT2D eigenvalue weighted by Gasteiger charge is 2.60. The summed E-state index contributed by atoms with van der Waals surface area (Å²) in [7, 11) is 0. The maximum Gasteiger partial charge on any atom is 0.0999 e. The van der Waals surface area contributed by atoms with Crippen LogP contribution in [-0.4, -0.2) is 34.7 Å². The van der Waals surface area contributed by atoms with Crippen molar-refractivity contribution in [2.45, 2.75) is 69.9 Å². The Labute approximate surface area is 116 Å². The van der Waals surface area contributed by atoms with E-state index in [1.807, 2.05) is 0 Å². The molecule has 0 amide bonds. The van der Waals surface area contributed by atoms with E-state index in [-0.39, 0.29) is 6.04 Å². The molecule has 3 aliphatic rings. The summed E-state index contributed by atoms with van der Waals surface area (Å²) < 4.78 is 0. The van der Waals surface area contributed by atoms with Gasteiger partial charge in [-0.15, -0.1) is 0 Å². The highest BCUT2D eigenvalue weighted by atomic mass is 16.3. The van der Waals surface area contributed by atoms with Gasteiger partial charge in [-0.05, 0) is 44.6 Å². The third-order valence-corrected chi connectivity index (χ3v) is 5.99. The average Bonchev–Trinajstić information content (AvgIpc) is 2.78. The predicted molar refractivity (Wildman–Crippen MR) is 74.5 cm³/mol. The number of hydrogen-bond acceptors (Lipinski definition) is 3. The predicted octanol–water partition coefficient (Wildman–Crippen LogP) is 2.70. The van der Waals surface area contributed by atoms with E-state index in [1.165, 1.54) is 19.3 Å². The molecule has 2 saturated heterocycles. The highest BCUT2D eigenvalue weighted by Crippen LogP contribution is 2.53. The first kappa shape index (κ1) is 13.4. The second kappa shape index (κ2) is 4.75. The molecule has 0 aromatic carbocycles. The van der Waals surface area contributed by atoms with Gasteiger partial charge in [-0.25, -0.2) is 0 Å². The third-order valence-electron chi connectivity index (χ3n) is 5.99. The zero-order valence-corrected chi connectivity index (χ0v) is 12.1. The zero-order valence-electron chi connectivity index (χ0n) is 12.1. The van der Waals surface area contributed by atoms with Crippen LogP contribution in [0.5, 0.6) is 0 Å². The van der Waals surface area contributed by atoms with Crippen molar-refractivity contribution in [3.63, 3.8) is 0 Å². The molecule has 3 rings (SSSR count). The maximum atomic E-state index is 11.4. The van der Waals surface area contributed by atoms with Crippen LogP contribution in [0.1, 0.15) is 58.3 Å². The van der Waals surface area contributed by atoms with E-state index in [0.717, 1.165) is 45.2 Å². The van der Waals surface area contributed by atoms with Crippen LogP contribution in [0.4, 0.5) is 0 Å². The Hall–Kier alpha value is -0.590. The molecule has 0 bridgehead atoms. The monoisotopic (exact) mass is 262 g/mol. The molecule has 2 aliphatic heterocycles. The zero-order chi connectivity index (χ0) is 13.5. The number of hydrogen-bond donors (Lipinski definition) is 1. The van der Waals surface area contributed by atoms with E-state index in [2.05, 4.69) is 17.9 Å². The lowest BCUT2D eigenvalue weighted by Crippen LogP contribution is -2.58. The quantitative estimate of drug-likeness (QED) is 0.790. The fourth-order valence-electron chi connectivity index (χ4n) is 4.98. The van der Waals surface area contributed by atoms with Crippen LogP contribution in [0.2, 0.25) is 0 Å². The van der Waals surface area contributed by atoms with E-state index >= 15 is 0 Å². The number of aliphatic hydroxyl groups is 1. The van der Waals surface area contributed by atoms with Crippen molar-refractivity contribution in [3.05, 3.63) is 0 Å². The van der Waals surface area contributed by atoms with Gasteiger partial charge in [0, 0.05) is 12.6 Å².